The fourth-order valence-electron chi connectivity index (χ4n) is 2.43. The van der Waals surface area contributed by atoms with Crippen LogP contribution in [0.3, 0.4) is 0 Å². The Morgan fingerprint density at radius 3 is 3.12 bits per heavy atom. The Morgan fingerprint density at radius 1 is 1.56 bits per heavy atom. The molecule has 0 radical (unpaired) electrons. The lowest BCUT2D eigenvalue weighted by atomic mass is 9.98. The molecule has 2 heterocycles. The quantitative estimate of drug-likeness (QED) is 0.803. The van der Waals surface area contributed by atoms with Crippen LogP contribution in [-0.2, 0) is 6.54 Å². The zero-order chi connectivity index (χ0) is 11.4. The molecule has 2 rings (SSSR count). The molecule has 2 atom stereocenters. The molecule has 0 spiro atoms. The van der Waals surface area contributed by atoms with E-state index < -0.39 is 0 Å². The number of piperidine rings is 1. The van der Waals surface area contributed by atoms with Crippen LogP contribution < -0.4 is 0 Å². The molecule has 1 saturated heterocycles. The number of aromatic nitrogens is 3. The number of aliphatic hydroxyl groups excluding tert-OH is 1. The van der Waals surface area contributed by atoms with E-state index in [1.165, 1.54) is 12.8 Å². The summed E-state index contributed by atoms with van der Waals surface area (Å²) in [4.78, 5) is 2.34. The normalized spacial score (nSPS) is 24.5. The van der Waals surface area contributed by atoms with E-state index in [2.05, 4.69) is 15.2 Å². The molecule has 5 heteroatoms. The third kappa shape index (κ3) is 3.28. The molecule has 16 heavy (non-hydrogen) atoms. The number of hydrogen-bond donors (Lipinski definition) is 1. The lowest BCUT2D eigenvalue weighted by Crippen LogP contribution is -2.40. The van der Waals surface area contributed by atoms with Gasteiger partial charge in [0.25, 0.3) is 0 Å². The lowest BCUT2D eigenvalue weighted by Gasteiger charge is -2.33. The van der Waals surface area contributed by atoms with E-state index in [-0.39, 0.29) is 6.10 Å². The molecule has 1 N–H and O–H groups in total. The summed E-state index contributed by atoms with van der Waals surface area (Å²) in [5, 5.41) is 17.2. The lowest BCUT2D eigenvalue weighted by molar-refractivity contribution is 0.0896. The maximum Gasteiger partial charge on any atom is 0.0692 e. The molecule has 5 nitrogen and oxygen atoms in total. The summed E-state index contributed by atoms with van der Waals surface area (Å²) < 4.78 is 1.90. The third-order valence-corrected chi connectivity index (χ3v) is 3.04. The largest absolute Gasteiger partial charge is 0.392 e. The maximum absolute atomic E-state index is 9.38. The summed E-state index contributed by atoms with van der Waals surface area (Å²) in [6, 6.07) is 0. The smallest absolute Gasteiger partial charge is 0.0692 e. The van der Waals surface area contributed by atoms with Crippen molar-refractivity contribution in [3.05, 3.63) is 12.4 Å². The van der Waals surface area contributed by atoms with Crippen LogP contribution in [0.2, 0.25) is 0 Å². The molecule has 0 bridgehead atoms. The van der Waals surface area contributed by atoms with Crippen molar-refractivity contribution < 1.29 is 5.11 Å². The number of rotatable bonds is 4. The average molecular weight is 224 g/mol. The van der Waals surface area contributed by atoms with Crippen molar-refractivity contribution in [2.75, 3.05) is 19.6 Å². The Labute approximate surface area is 96.1 Å². The van der Waals surface area contributed by atoms with Crippen molar-refractivity contribution in [2.24, 2.45) is 5.92 Å². The third-order valence-electron chi connectivity index (χ3n) is 3.04. The Morgan fingerprint density at radius 2 is 2.44 bits per heavy atom. The molecule has 1 aromatic heterocycles. The van der Waals surface area contributed by atoms with Gasteiger partial charge in [-0.15, -0.1) is 5.10 Å². The molecule has 1 aromatic rings. The van der Waals surface area contributed by atoms with E-state index in [0.29, 0.717) is 5.92 Å². The minimum Gasteiger partial charge on any atom is -0.392 e. The van der Waals surface area contributed by atoms with Gasteiger partial charge in [-0.1, -0.05) is 5.21 Å². The first-order valence-corrected chi connectivity index (χ1v) is 5.98. The molecule has 1 aliphatic rings. The maximum atomic E-state index is 9.38. The number of hydrogen-bond acceptors (Lipinski definition) is 4. The second-order valence-electron chi connectivity index (χ2n) is 4.74. The van der Waals surface area contributed by atoms with Crippen LogP contribution in [-0.4, -0.2) is 50.7 Å². The monoisotopic (exact) mass is 224 g/mol. The fourth-order valence-corrected chi connectivity index (χ4v) is 2.43. The molecular weight excluding hydrogens is 204 g/mol. The van der Waals surface area contributed by atoms with Gasteiger partial charge in [0.05, 0.1) is 12.3 Å². The van der Waals surface area contributed by atoms with Crippen LogP contribution in [0.25, 0.3) is 0 Å². The van der Waals surface area contributed by atoms with Gasteiger partial charge in [0.2, 0.25) is 0 Å². The van der Waals surface area contributed by atoms with Crippen LogP contribution in [0.15, 0.2) is 12.4 Å². The van der Waals surface area contributed by atoms with Gasteiger partial charge in [0, 0.05) is 25.8 Å². The van der Waals surface area contributed by atoms with Gasteiger partial charge in [-0.05, 0) is 32.2 Å². The zero-order valence-corrected chi connectivity index (χ0v) is 9.79. The molecule has 0 amide bonds. The van der Waals surface area contributed by atoms with E-state index in [4.69, 9.17) is 0 Å². The number of nitrogens with zero attached hydrogens (tertiary/aromatic N) is 4. The minimum atomic E-state index is -0.231. The molecule has 1 fully saturated rings. The molecule has 0 aliphatic carbocycles. The predicted molar refractivity (Wildman–Crippen MR) is 60.9 cm³/mol. The van der Waals surface area contributed by atoms with E-state index in [0.717, 1.165) is 26.2 Å². The van der Waals surface area contributed by atoms with Crippen molar-refractivity contribution >= 4 is 0 Å². The summed E-state index contributed by atoms with van der Waals surface area (Å²) in [6.07, 6.45) is 5.86. The molecular formula is C11H20N4O. The highest BCUT2D eigenvalue weighted by atomic mass is 16.3. The number of aliphatic hydroxyl groups is 1. The number of likely N-dealkylation sites (tertiary alicyclic amines) is 1. The van der Waals surface area contributed by atoms with Crippen molar-refractivity contribution in [3.8, 4) is 0 Å². The highest BCUT2D eigenvalue weighted by Crippen LogP contribution is 2.17. The van der Waals surface area contributed by atoms with E-state index >= 15 is 0 Å². The van der Waals surface area contributed by atoms with Crippen LogP contribution >= 0.6 is 0 Å². The summed E-state index contributed by atoms with van der Waals surface area (Å²) in [6.45, 7) is 5.74. The first kappa shape index (κ1) is 11.5. The highest BCUT2D eigenvalue weighted by Gasteiger charge is 2.21. The van der Waals surface area contributed by atoms with Crippen molar-refractivity contribution in [3.63, 3.8) is 0 Å². The van der Waals surface area contributed by atoms with E-state index in [9.17, 15) is 5.11 Å². The standard InChI is InChI=1S/C11H20N4O/c1-10(16)7-14-5-2-3-11(8-14)9-15-6-4-12-13-15/h4,6,10-11,16H,2-3,5,7-9H2,1H3. The Kier molecular flexibility index (Phi) is 3.90. The molecule has 0 aromatic carbocycles. The topological polar surface area (TPSA) is 54.2 Å². The SMILES string of the molecule is CC(O)CN1CCCC(Cn2ccnn2)C1. The molecule has 1 aliphatic heterocycles. The highest BCUT2D eigenvalue weighted by molar-refractivity contribution is 4.75. The first-order chi connectivity index (χ1) is 7.74. The Bertz CT molecular complexity index is 299. The molecule has 2 unspecified atom stereocenters. The van der Waals surface area contributed by atoms with E-state index in [1.54, 1.807) is 6.20 Å². The van der Waals surface area contributed by atoms with Crippen molar-refractivity contribution in [1.82, 2.24) is 19.9 Å². The first-order valence-electron chi connectivity index (χ1n) is 5.98. The zero-order valence-electron chi connectivity index (χ0n) is 9.79. The van der Waals surface area contributed by atoms with Crippen LogP contribution in [0.1, 0.15) is 19.8 Å². The Balaban J connectivity index is 1.82. The predicted octanol–water partition coefficient (Wildman–Crippen LogP) is 0.371. The summed E-state index contributed by atoms with van der Waals surface area (Å²) in [5.74, 6) is 0.634. The summed E-state index contributed by atoms with van der Waals surface area (Å²) in [7, 11) is 0. The van der Waals surface area contributed by atoms with Gasteiger partial charge in [-0.3, -0.25) is 4.68 Å². The van der Waals surface area contributed by atoms with Gasteiger partial charge < -0.3 is 10.0 Å². The van der Waals surface area contributed by atoms with Gasteiger partial charge in [-0.2, -0.15) is 0 Å². The number of β-amino-alcohol motifs (C(OH)–C–C–N with tert-alkyl or cyclic N) is 1. The van der Waals surface area contributed by atoms with Crippen molar-refractivity contribution in [1.29, 1.82) is 0 Å². The second-order valence-corrected chi connectivity index (χ2v) is 4.74. The van der Waals surface area contributed by atoms with Crippen LogP contribution in [0.4, 0.5) is 0 Å². The van der Waals surface area contributed by atoms with Gasteiger partial charge in [0.1, 0.15) is 0 Å². The summed E-state index contributed by atoms with van der Waals surface area (Å²) in [5.41, 5.74) is 0. The fraction of sp³-hybridized carbons (Fsp3) is 0.818. The van der Waals surface area contributed by atoms with Crippen LogP contribution in [0.5, 0.6) is 0 Å². The van der Waals surface area contributed by atoms with Gasteiger partial charge >= 0.3 is 0 Å². The minimum absolute atomic E-state index is 0.231. The summed E-state index contributed by atoms with van der Waals surface area (Å²) >= 11 is 0. The Hall–Kier alpha value is -0.940. The second kappa shape index (κ2) is 5.41. The molecule has 90 valence electrons. The molecule has 0 saturated carbocycles. The van der Waals surface area contributed by atoms with Gasteiger partial charge in [0.15, 0.2) is 0 Å². The van der Waals surface area contributed by atoms with E-state index in [1.807, 2.05) is 17.8 Å². The van der Waals surface area contributed by atoms with Gasteiger partial charge in [-0.25, -0.2) is 0 Å². The average Bonchev–Trinajstić information content (AvgIpc) is 2.70. The van der Waals surface area contributed by atoms with Crippen molar-refractivity contribution in [2.45, 2.75) is 32.4 Å². The van der Waals surface area contributed by atoms with Crippen LogP contribution in [0, 0.1) is 5.92 Å².